The van der Waals surface area contributed by atoms with Crippen molar-refractivity contribution < 1.29 is 0 Å². The lowest BCUT2D eigenvalue weighted by atomic mass is 9.92. The molecule has 0 aliphatic carbocycles. The number of rotatable bonds is 2. The van der Waals surface area contributed by atoms with E-state index in [9.17, 15) is 0 Å². The zero-order valence-electron chi connectivity index (χ0n) is 14.6. The van der Waals surface area contributed by atoms with Crippen molar-refractivity contribution in [2.45, 2.75) is 0 Å². The van der Waals surface area contributed by atoms with E-state index in [2.05, 4.69) is 88.7 Å². The summed E-state index contributed by atoms with van der Waals surface area (Å²) >= 11 is 3.82. The second-order valence-electron chi connectivity index (χ2n) is 6.58. The van der Waals surface area contributed by atoms with Gasteiger partial charge in [-0.15, -0.1) is 0 Å². The van der Waals surface area contributed by atoms with E-state index in [1.54, 1.807) is 0 Å². The number of pyridine rings is 1. The lowest BCUT2D eigenvalue weighted by molar-refractivity contribution is 1.33. The smallest absolute Gasteiger partial charge is 0.0702 e. The fourth-order valence-corrected chi connectivity index (χ4v) is 4.40. The highest BCUT2D eigenvalue weighted by atomic mass is 79.9. The average molecular weight is 410 g/mol. The molecule has 0 unspecified atom stereocenters. The van der Waals surface area contributed by atoms with Crippen LogP contribution in [0.5, 0.6) is 0 Å². The van der Waals surface area contributed by atoms with Crippen LogP contribution in [0.4, 0.5) is 0 Å². The van der Waals surface area contributed by atoms with Gasteiger partial charge >= 0.3 is 0 Å². The van der Waals surface area contributed by atoms with Crippen LogP contribution >= 0.6 is 15.9 Å². The summed E-state index contributed by atoms with van der Waals surface area (Å²) < 4.78 is 1.14. The highest BCUT2D eigenvalue weighted by Gasteiger charge is 2.13. The van der Waals surface area contributed by atoms with E-state index < -0.39 is 0 Å². The molecular weight excluding hydrogens is 394 g/mol. The molecule has 0 fully saturated rings. The standard InChI is InChI=1S/C25H16BrN/c26-25-21-12-6-4-10-19(21)24(20-11-5-7-13-22(20)25)18-14-15-23(27-16-18)17-8-2-1-3-9-17/h1-16H. The summed E-state index contributed by atoms with van der Waals surface area (Å²) in [6.07, 6.45) is 1.99. The number of halogens is 1. The van der Waals surface area contributed by atoms with Gasteiger partial charge in [0.25, 0.3) is 0 Å². The van der Waals surface area contributed by atoms with Crippen LogP contribution in [-0.4, -0.2) is 4.98 Å². The molecule has 1 aromatic heterocycles. The molecule has 0 spiro atoms. The Hall–Kier alpha value is -2.97. The van der Waals surface area contributed by atoms with Crippen LogP contribution in [-0.2, 0) is 0 Å². The Balaban J connectivity index is 1.78. The van der Waals surface area contributed by atoms with Crippen molar-refractivity contribution in [1.29, 1.82) is 0 Å². The van der Waals surface area contributed by atoms with E-state index in [1.807, 2.05) is 24.4 Å². The number of fused-ring (bicyclic) bond motifs is 2. The van der Waals surface area contributed by atoms with Gasteiger partial charge in [-0.1, -0.05) is 84.9 Å². The number of aromatic nitrogens is 1. The van der Waals surface area contributed by atoms with Gasteiger partial charge in [-0.05, 0) is 49.1 Å². The van der Waals surface area contributed by atoms with Gasteiger partial charge < -0.3 is 0 Å². The van der Waals surface area contributed by atoms with Crippen LogP contribution in [0.25, 0.3) is 43.9 Å². The molecule has 0 atom stereocenters. The largest absolute Gasteiger partial charge is 0.256 e. The van der Waals surface area contributed by atoms with E-state index in [1.165, 1.54) is 27.1 Å². The lowest BCUT2D eigenvalue weighted by Crippen LogP contribution is -1.89. The monoisotopic (exact) mass is 409 g/mol. The molecule has 5 rings (SSSR count). The third-order valence-corrected chi connectivity index (χ3v) is 5.84. The first-order chi connectivity index (χ1) is 13.3. The van der Waals surface area contributed by atoms with Crippen molar-refractivity contribution >= 4 is 37.5 Å². The molecule has 0 amide bonds. The van der Waals surface area contributed by atoms with Crippen LogP contribution in [0, 0.1) is 0 Å². The molecule has 4 aromatic carbocycles. The summed E-state index contributed by atoms with van der Waals surface area (Å²) in [6.45, 7) is 0. The summed E-state index contributed by atoms with van der Waals surface area (Å²) in [5, 5.41) is 4.91. The van der Waals surface area contributed by atoms with Gasteiger partial charge in [-0.3, -0.25) is 4.98 Å². The summed E-state index contributed by atoms with van der Waals surface area (Å²) in [4.78, 5) is 4.75. The lowest BCUT2D eigenvalue weighted by Gasteiger charge is -2.14. The molecule has 1 heterocycles. The number of hydrogen-bond donors (Lipinski definition) is 0. The maximum absolute atomic E-state index is 4.75. The quantitative estimate of drug-likeness (QED) is 0.275. The van der Waals surface area contributed by atoms with Crippen molar-refractivity contribution in [3.05, 3.63) is 102 Å². The topological polar surface area (TPSA) is 12.9 Å². The SMILES string of the molecule is Brc1c2ccccc2c(-c2ccc(-c3ccccc3)nc2)c2ccccc12. The minimum absolute atomic E-state index is 0.991. The average Bonchev–Trinajstić information content (AvgIpc) is 2.75. The van der Waals surface area contributed by atoms with Crippen molar-refractivity contribution in [3.63, 3.8) is 0 Å². The molecule has 0 aliphatic heterocycles. The van der Waals surface area contributed by atoms with Crippen molar-refractivity contribution in [2.75, 3.05) is 0 Å². The maximum Gasteiger partial charge on any atom is 0.0702 e. The van der Waals surface area contributed by atoms with E-state index in [-0.39, 0.29) is 0 Å². The van der Waals surface area contributed by atoms with E-state index in [4.69, 9.17) is 4.98 Å². The van der Waals surface area contributed by atoms with Gasteiger partial charge in [0, 0.05) is 21.8 Å². The number of nitrogens with zero attached hydrogens (tertiary/aromatic N) is 1. The predicted molar refractivity (Wildman–Crippen MR) is 118 cm³/mol. The van der Waals surface area contributed by atoms with Crippen molar-refractivity contribution in [1.82, 2.24) is 4.98 Å². The van der Waals surface area contributed by atoms with Crippen LogP contribution in [0.3, 0.4) is 0 Å². The Morgan fingerprint density at radius 2 is 1.07 bits per heavy atom. The minimum atomic E-state index is 0.991. The van der Waals surface area contributed by atoms with Crippen LogP contribution < -0.4 is 0 Å². The summed E-state index contributed by atoms with van der Waals surface area (Å²) in [7, 11) is 0. The molecule has 5 aromatic rings. The first kappa shape index (κ1) is 16.2. The Morgan fingerprint density at radius 1 is 0.519 bits per heavy atom. The van der Waals surface area contributed by atoms with Crippen molar-refractivity contribution in [3.8, 4) is 22.4 Å². The highest BCUT2D eigenvalue weighted by molar-refractivity contribution is 9.10. The molecule has 0 N–H and O–H groups in total. The zero-order valence-corrected chi connectivity index (χ0v) is 16.1. The molecular formula is C25H16BrN. The normalized spacial score (nSPS) is 11.1. The van der Waals surface area contributed by atoms with Crippen molar-refractivity contribution in [2.24, 2.45) is 0 Å². The Bertz CT molecular complexity index is 1200. The molecule has 1 nitrogen and oxygen atoms in total. The first-order valence-corrected chi connectivity index (χ1v) is 9.73. The van der Waals surface area contributed by atoms with Gasteiger partial charge in [-0.2, -0.15) is 0 Å². The molecule has 0 saturated heterocycles. The third-order valence-electron chi connectivity index (χ3n) is 4.99. The summed E-state index contributed by atoms with van der Waals surface area (Å²) in [5.74, 6) is 0. The molecule has 0 bridgehead atoms. The van der Waals surface area contributed by atoms with Crippen LogP contribution in [0.15, 0.2) is 102 Å². The fourth-order valence-electron chi connectivity index (χ4n) is 3.71. The van der Waals surface area contributed by atoms with E-state index >= 15 is 0 Å². The maximum atomic E-state index is 4.75. The Labute approximate surface area is 166 Å². The highest BCUT2D eigenvalue weighted by Crippen LogP contribution is 2.41. The van der Waals surface area contributed by atoms with Crippen LogP contribution in [0.2, 0.25) is 0 Å². The second-order valence-corrected chi connectivity index (χ2v) is 7.37. The number of benzene rings is 4. The fraction of sp³-hybridized carbons (Fsp3) is 0. The van der Waals surface area contributed by atoms with Gasteiger partial charge in [0.05, 0.1) is 5.69 Å². The minimum Gasteiger partial charge on any atom is -0.256 e. The first-order valence-electron chi connectivity index (χ1n) is 8.94. The molecule has 128 valence electrons. The molecule has 0 radical (unpaired) electrons. The van der Waals surface area contributed by atoms with Crippen LogP contribution in [0.1, 0.15) is 0 Å². The third kappa shape index (κ3) is 2.73. The summed E-state index contributed by atoms with van der Waals surface area (Å²) in [6, 6.07) is 31.6. The second kappa shape index (κ2) is 6.64. The van der Waals surface area contributed by atoms with E-state index in [0.29, 0.717) is 0 Å². The molecule has 2 heteroatoms. The van der Waals surface area contributed by atoms with Gasteiger partial charge in [0.2, 0.25) is 0 Å². The van der Waals surface area contributed by atoms with Gasteiger partial charge in [0.1, 0.15) is 0 Å². The van der Waals surface area contributed by atoms with Gasteiger partial charge in [0.15, 0.2) is 0 Å². The molecule has 0 aliphatic rings. The predicted octanol–water partition coefficient (Wildman–Crippen LogP) is 7.48. The van der Waals surface area contributed by atoms with Gasteiger partial charge in [-0.25, -0.2) is 0 Å². The Kier molecular flexibility index (Phi) is 3.99. The zero-order chi connectivity index (χ0) is 18.2. The number of hydrogen-bond acceptors (Lipinski definition) is 1. The van der Waals surface area contributed by atoms with E-state index in [0.717, 1.165) is 21.3 Å². The Morgan fingerprint density at radius 3 is 1.63 bits per heavy atom. The summed E-state index contributed by atoms with van der Waals surface area (Å²) in [5.41, 5.74) is 4.49. The molecule has 0 saturated carbocycles. The molecule has 27 heavy (non-hydrogen) atoms.